The van der Waals surface area contributed by atoms with Crippen molar-refractivity contribution in [3.63, 3.8) is 0 Å². The molecule has 16 heavy (non-hydrogen) atoms. The van der Waals surface area contributed by atoms with Crippen LogP contribution in [0.15, 0.2) is 27.7 Å². The van der Waals surface area contributed by atoms with E-state index >= 15 is 0 Å². The van der Waals surface area contributed by atoms with Crippen LogP contribution in [0.4, 0.5) is 5.69 Å². The Labute approximate surface area is 104 Å². The molecule has 0 N–H and O–H groups in total. The fraction of sp³-hybridized carbons (Fsp3) is 0.364. The van der Waals surface area contributed by atoms with Crippen LogP contribution in [0.2, 0.25) is 0 Å². The summed E-state index contributed by atoms with van der Waals surface area (Å²) in [6, 6.07) is 6.04. The summed E-state index contributed by atoms with van der Waals surface area (Å²) in [6.07, 6.45) is 1.47. The van der Waals surface area contributed by atoms with Crippen molar-refractivity contribution in [2.45, 2.75) is 13.3 Å². The maximum atomic E-state index is 5.63. The van der Waals surface area contributed by atoms with Crippen LogP contribution in [-0.2, 0) is 4.84 Å². The van der Waals surface area contributed by atoms with Crippen LogP contribution in [0.3, 0.4) is 0 Å². The van der Waals surface area contributed by atoms with Gasteiger partial charge in [-0.2, -0.15) is 0 Å². The standard InChI is InChI=1S/C11H14BrN3O/c1-8-6-9(4-5-10(8)12)15-7-13-11(16-15)14(2)3/h4-7,11H,1-3H3. The Morgan fingerprint density at radius 2 is 2.19 bits per heavy atom. The van der Waals surface area contributed by atoms with Gasteiger partial charge in [0.15, 0.2) is 0 Å². The topological polar surface area (TPSA) is 28.1 Å². The van der Waals surface area contributed by atoms with Crippen molar-refractivity contribution in [2.75, 3.05) is 19.2 Å². The highest BCUT2D eigenvalue weighted by Gasteiger charge is 2.21. The van der Waals surface area contributed by atoms with Gasteiger partial charge in [-0.1, -0.05) is 15.9 Å². The van der Waals surface area contributed by atoms with E-state index in [9.17, 15) is 0 Å². The zero-order chi connectivity index (χ0) is 11.7. The molecule has 0 saturated heterocycles. The predicted octanol–water partition coefficient (Wildman–Crippen LogP) is 2.38. The fourth-order valence-electron chi connectivity index (χ4n) is 1.39. The summed E-state index contributed by atoms with van der Waals surface area (Å²) >= 11 is 3.47. The minimum absolute atomic E-state index is 0.232. The SMILES string of the molecule is Cc1cc(N2C=NC(N(C)C)O2)ccc1Br. The third-order valence-corrected chi connectivity index (χ3v) is 3.23. The van der Waals surface area contributed by atoms with E-state index in [0.717, 1.165) is 10.2 Å². The van der Waals surface area contributed by atoms with Gasteiger partial charge in [-0.3, -0.25) is 4.90 Å². The molecule has 1 aromatic rings. The number of aryl methyl sites for hydroxylation is 1. The van der Waals surface area contributed by atoms with Crippen molar-refractivity contribution in [3.05, 3.63) is 28.2 Å². The number of halogens is 1. The molecule has 5 heteroatoms. The number of benzene rings is 1. The minimum Gasteiger partial charge on any atom is -0.264 e. The average Bonchev–Trinajstić information content (AvgIpc) is 2.71. The maximum Gasteiger partial charge on any atom is 0.233 e. The summed E-state index contributed by atoms with van der Waals surface area (Å²) < 4.78 is 1.09. The van der Waals surface area contributed by atoms with Crippen LogP contribution < -0.4 is 5.06 Å². The van der Waals surface area contributed by atoms with Crippen LogP contribution in [0.1, 0.15) is 5.56 Å². The maximum absolute atomic E-state index is 5.63. The third-order valence-electron chi connectivity index (χ3n) is 2.34. The Morgan fingerprint density at radius 3 is 2.75 bits per heavy atom. The average molecular weight is 284 g/mol. The first-order valence-corrected chi connectivity index (χ1v) is 5.79. The molecule has 1 heterocycles. The monoisotopic (exact) mass is 283 g/mol. The fourth-order valence-corrected chi connectivity index (χ4v) is 1.64. The molecule has 0 amide bonds. The zero-order valence-corrected chi connectivity index (χ0v) is 11.1. The summed E-state index contributed by atoms with van der Waals surface area (Å²) in [4.78, 5) is 11.8. The highest BCUT2D eigenvalue weighted by molar-refractivity contribution is 9.10. The second kappa shape index (κ2) is 4.53. The minimum atomic E-state index is -0.232. The van der Waals surface area contributed by atoms with Gasteiger partial charge in [0.05, 0.1) is 5.69 Å². The van der Waals surface area contributed by atoms with E-state index in [1.54, 1.807) is 11.4 Å². The van der Waals surface area contributed by atoms with Crippen molar-refractivity contribution in [1.82, 2.24) is 4.90 Å². The molecule has 0 radical (unpaired) electrons. The first kappa shape index (κ1) is 11.6. The van der Waals surface area contributed by atoms with Gasteiger partial charge >= 0.3 is 0 Å². The number of hydroxylamine groups is 1. The summed E-state index contributed by atoms with van der Waals surface area (Å²) in [5, 5.41) is 1.68. The number of rotatable bonds is 2. The highest BCUT2D eigenvalue weighted by atomic mass is 79.9. The molecule has 4 nitrogen and oxygen atoms in total. The Morgan fingerprint density at radius 1 is 1.44 bits per heavy atom. The quantitative estimate of drug-likeness (QED) is 0.834. The van der Waals surface area contributed by atoms with E-state index in [2.05, 4.69) is 20.9 Å². The summed E-state index contributed by atoms with van der Waals surface area (Å²) in [5.74, 6) is 0. The summed E-state index contributed by atoms with van der Waals surface area (Å²) in [7, 11) is 3.86. The molecule has 0 fully saturated rings. The predicted molar refractivity (Wildman–Crippen MR) is 68.4 cm³/mol. The van der Waals surface area contributed by atoms with Gasteiger partial charge in [0.2, 0.25) is 6.35 Å². The van der Waals surface area contributed by atoms with Crippen LogP contribution in [0.25, 0.3) is 0 Å². The van der Waals surface area contributed by atoms with Gasteiger partial charge in [-0.25, -0.2) is 14.9 Å². The van der Waals surface area contributed by atoms with Crippen molar-refractivity contribution in [2.24, 2.45) is 4.99 Å². The molecule has 86 valence electrons. The van der Waals surface area contributed by atoms with Gasteiger partial charge in [0.1, 0.15) is 6.34 Å². The van der Waals surface area contributed by atoms with E-state index in [0.29, 0.717) is 0 Å². The van der Waals surface area contributed by atoms with Gasteiger partial charge in [-0.15, -0.1) is 0 Å². The summed E-state index contributed by atoms with van der Waals surface area (Å²) in [5.41, 5.74) is 2.15. The Hall–Kier alpha value is -0.910. The summed E-state index contributed by atoms with van der Waals surface area (Å²) in [6.45, 7) is 2.05. The third kappa shape index (κ3) is 2.26. The molecule has 0 aliphatic carbocycles. The molecule has 1 unspecified atom stereocenters. The smallest absolute Gasteiger partial charge is 0.233 e. The molecule has 2 rings (SSSR count). The van der Waals surface area contributed by atoms with E-state index in [4.69, 9.17) is 4.84 Å². The lowest BCUT2D eigenvalue weighted by Crippen LogP contribution is -2.30. The molecular formula is C11H14BrN3O. The van der Waals surface area contributed by atoms with Crippen LogP contribution in [0, 0.1) is 6.92 Å². The van der Waals surface area contributed by atoms with Crippen molar-refractivity contribution >= 4 is 28.0 Å². The van der Waals surface area contributed by atoms with Crippen molar-refractivity contribution in [3.8, 4) is 0 Å². The molecule has 1 atom stereocenters. The van der Waals surface area contributed by atoms with E-state index in [1.807, 2.05) is 44.1 Å². The van der Waals surface area contributed by atoms with E-state index in [-0.39, 0.29) is 6.35 Å². The van der Waals surface area contributed by atoms with E-state index < -0.39 is 0 Å². The zero-order valence-electron chi connectivity index (χ0n) is 9.51. The Balaban J connectivity index is 2.15. The van der Waals surface area contributed by atoms with E-state index in [1.165, 1.54) is 5.56 Å². The molecular weight excluding hydrogens is 270 g/mol. The molecule has 1 aliphatic heterocycles. The lowest BCUT2D eigenvalue weighted by atomic mass is 10.2. The number of anilines is 1. The Kier molecular flexibility index (Phi) is 3.28. The van der Waals surface area contributed by atoms with Crippen molar-refractivity contribution < 1.29 is 4.84 Å². The Bertz CT molecular complexity index is 420. The van der Waals surface area contributed by atoms with Crippen molar-refractivity contribution in [1.29, 1.82) is 0 Å². The lowest BCUT2D eigenvalue weighted by molar-refractivity contribution is -0.00821. The lowest BCUT2D eigenvalue weighted by Gasteiger charge is -2.20. The largest absolute Gasteiger partial charge is 0.264 e. The van der Waals surface area contributed by atoms with Crippen LogP contribution >= 0.6 is 15.9 Å². The molecule has 0 spiro atoms. The number of hydrogen-bond acceptors (Lipinski definition) is 4. The number of aliphatic imine (C=N–C) groups is 1. The second-order valence-electron chi connectivity index (χ2n) is 3.92. The normalized spacial score (nSPS) is 19.8. The van der Waals surface area contributed by atoms with Crippen LogP contribution in [-0.4, -0.2) is 31.7 Å². The number of hydrogen-bond donors (Lipinski definition) is 0. The van der Waals surface area contributed by atoms with Gasteiger partial charge < -0.3 is 0 Å². The molecule has 1 aromatic carbocycles. The molecule has 1 aliphatic rings. The second-order valence-corrected chi connectivity index (χ2v) is 4.77. The first-order chi connectivity index (χ1) is 7.58. The number of nitrogens with zero attached hydrogens (tertiary/aromatic N) is 3. The van der Waals surface area contributed by atoms with Gasteiger partial charge in [0.25, 0.3) is 0 Å². The van der Waals surface area contributed by atoms with Gasteiger partial charge in [0, 0.05) is 4.47 Å². The molecule has 0 aromatic heterocycles. The first-order valence-electron chi connectivity index (χ1n) is 5.00. The highest BCUT2D eigenvalue weighted by Crippen LogP contribution is 2.24. The van der Waals surface area contributed by atoms with Gasteiger partial charge in [-0.05, 0) is 44.8 Å². The molecule has 0 saturated carbocycles. The van der Waals surface area contributed by atoms with Crippen LogP contribution in [0.5, 0.6) is 0 Å². The molecule has 0 bridgehead atoms.